The fourth-order valence-electron chi connectivity index (χ4n) is 2.92. The van der Waals surface area contributed by atoms with E-state index in [9.17, 15) is 9.59 Å². The Morgan fingerprint density at radius 2 is 2.04 bits per heavy atom. The molecule has 1 aromatic heterocycles. The number of esters is 1. The van der Waals surface area contributed by atoms with Crippen LogP contribution in [0, 0.1) is 6.92 Å². The molecule has 0 bridgehead atoms. The number of ether oxygens (including phenoxy) is 3. The summed E-state index contributed by atoms with van der Waals surface area (Å²) in [4.78, 5) is 24.7. The zero-order chi connectivity index (χ0) is 17.8. The lowest BCUT2D eigenvalue weighted by Crippen LogP contribution is -2.27. The molecule has 1 fully saturated rings. The molecule has 0 saturated carbocycles. The van der Waals surface area contributed by atoms with Crippen LogP contribution >= 0.6 is 0 Å². The summed E-state index contributed by atoms with van der Waals surface area (Å²) in [7, 11) is 0. The Morgan fingerprint density at radius 3 is 2.76 bits per heavy atom. The van der Waals surface area contributed by atoms with Crippen LogP contribution in [0.4, 0.5) is 0 Å². The van der Waals surface area contributed by atoms with Crippen LogP contribution in [0.25, 0.3) is 10.9 Å². The fraction of sp³-hybridized carbons (Fsp3) is 0.474. The zero-order valence-corrected chi connectivity index (χ0v) is 14.6. The first-order valence-electron chi connectivity index (χ1n) is 8.64. The van der Waals surface area contributed by atoms with E-state index in [1.54, 1.807) is 22.8 Å². The summed E-state index contributed by atoms with van der Waals surface area (Å²) in [6, 6.07) is 6.90. The number of benzene rings is 1. The Kier molecular flexibility index (Phi) is 5.50. The Bertz CT molecular complexity index is 820. The van der Waals surface area contributed by atoms with Crippen molar-refractivity contribution in [1.82, 2.24) is 4.57 Å². The first-order valence-corrected chi connectivity index (χ1v) is 8.64. The van der Waals surface area contributed by atoms with Gasteiger partial charge in [0.05, 0.1) is 37.4 Å². The van der Waals surface area contributed by atoms with Crippen molar-refractivity contribution in [3.63, 3.8) is 0 Å². The van der Waals surface area contributed by atoms with E-state index in [1.165, 1.54) is 0 Å². The minimum Gasteiger partial charge on any atom is -0.462 e. The summed E-state index contributed by atoms with van der Waals surface area (Å²) >= 11 is 0. The SMILES string of the molecule is CCCCOC(=O)c1ccc2c(C)cc(=O)n(CC3OCCO3)c2c1. The predicted molar refractivity (Wildman–Crippen MR) is 93.8 cm³/mol. The van der Waals surface area contributed by atoms with Crippen molar-refractivity contribution in [2.45, 2.75) is 39.5 Å². The highest BCUT2D eigenvalue weighted by Crippen LogP contribution is 2.20. The second-order valence-electron chi connectivity index (χ2n) is 6.17. The standard InChI is InChI=1S/C19H23NO5/c1-3-4-7-25-19(22)14-5-6-15-13(2)10-17(21)20(16(15)11-14)12-18-23-8-9-24-18/h5-6,10-11,18H,3-4,7-9,12H2,1-2H3. The van der Waals surface area contributed by atoms with Crippen molar-refractivity contribution in [1.29, 1.82) is 0 Å². The molecular formula is C19H23NO5. The number of carbonyl (C=O) groups excluding carboxylic acids is 1. The molecule has 0 atom stereocenters. The highest BCUT2D eigenvalue weighted by molar-refractivity contribution is 5.95. The van der Waals surface area contributed by atoms with Crippen molar-refractivity contribution in [3.05, 3.63) is 45.7 Å². The number of hydrogen-bond donors (Lipinski definition) is 0. The van der Waals surface area contributed by atoms with Gasteiger partial charge < -0.3 is 18.8 Å². The topological polar surface area (TPSA) is 66.8 Å². The molecule has 134 valence electrons. The van der Waals surface area contributed by atoms with Crippen molar-refractivity contribution in [3.8, 4) is 0 Å². The van der Waals surface area contributed by atoms with Gasteiger partial charge in [0.1, 0.15) is 0 Å². The summed E-state index contributed by atoms with van der Waals surface area (Å²) in [5.74, 6) is -0.371. The summed E-state index contributed by atoms with van der Waals surface area (Å²) < 4.78 is 17.8. The van der Waals surface area contributed by atoms with E-state index < -0.39 is 6.29 Å². The molecule has 0 unspecified atom stereocenters. The third-order valence-electron chi connectivity index (χ3n) is 4.31. The smallest absolute Gasteiger partial charge is 0.338 e. The molecule has 0 amide bonds. The van der Waals surface area contributed by atoms with Crippen LogP contribution in [-0.2, 0) is 20.8 Å². The Morgan fingerprint density at radius 1 is 1.28 bits per heavy atom. The van der Waals surface area contributed by atoms with E-state index in [4.69, 9.17) is 14.2 Å². The first kappa shape index (κ1) is 17.6. The number of hydrogen-bond acceptors (Lipinski definition) is 5. The van der Waals surface area contributed by atoms with Gasteiger partial charge in [0, 0.05) is 11.5 Å². The van der Waals surface area contributed by atoms with Gasteiger partial charge in [-0.1, -0.05) is 19.4 Å². The number of aryl methyl sites for hydroxylation is 1. The third-order valence-corrected chi connectivity index (χ3v) is 4.31. The highest BCUT2D eigenvalue weighted by Gasteiger charge is 2.19. The average Bonchev–Trinajstić information content (AvgIpc) is 3.11. The second kappa shape index (κ2) is 7.80. The van der Waals surface area contributed by atoms with Gasteiger partial charge in [0.25, 0.3) is 5.56 Å². The Hall–Kier alpha value is -2.18. The van der Waals surface area contributed by atoms with Gasteiger partial charge in [-0.2, -0.15) is 0 Å². The molecule has 2 heterocycles. The maximum absolute atomic E-state index is 12.5. The van der Waals surface area contributed by atoms with Gasteiger partial charge in [-0.05, 0) is 31.0 Å². The number of carbonyl (C=O) groups is 1. The quantitative estimate of drug-likeness (QED) is 0.595. The van der Waals surface area contributed by atoms with Crippen LogP contribution in [0.2, 0.25) is 0 Å². The molecule has 6 heteroatoms. The molecule has 1 aromatic carbocycles. The molecule has 0 spiro atoms. The number of nitrogens with zero attached hydrogens (tertiary/aromatic N) is 1. The van der Waals surface area contributed by atoms with E-state index in [-0.39, 0.29) is 11.5 Å². The molecule has 3 rings (SSSR count). The van der Waals surface area contributed by atoms with E-state index in [0.717, 1.165) is 23.8 Å². The van der Waals surface area contributed by atoms with Crippen molar-refractivity contribution < 1.29 is 19.0 Å². The van der Waals surface area contributed by atoms with Gasteiger partial charge in [0.15, 0.2) is 6.29 Å². The summed E-state index contributed by atoms with van der Waals surface area (Å²) in [6.07, 6.45) is 1.36. The predicted octanol–water partition coefficient (Wildman–Crippen LogP) is 2.64. The average molecular weight is 345 g/mol. The summed E-state index contributed by atoms with van der Waals surface area (Å²) in [5.41, 5.74) is 1.86. The molecule has 1 aliphatic heterocycles. The number of rotatable bonds is 6. The van der Waals surface area contributed by atoms with Gasteiger partial charge in [-0.3, -0.25) is 4.79 Å². The van der Waals surface area contributed by atoms with E-state index in [1.807, 2.05) is 19.9 Å². The first-order chi connectivity index (χ1) is 12.1. The maximum Gasteiger partial charge on any atom is 0.338 e. The fourth-order valence-corrected chi connectivity index (χ4v) is 2.92. The summed E-state index contributed by atoms with van der Waals surface area (Å²) in [5, 5.41) is 0.919. The normalized spacial score (nSPS) is 15.0. The van der Waals surface area contributed by atoms with E-state index >= 15 is 0 Å². The monoisotopic (exact) mass is 345 g/mol. The van der Waals surface area contributed by atoms with Crippen LogP contribution < -0.4 is 5.56 Å². The van der Waals surface area contributed by atoms with Crippen LogP contribution in [-0.4, -0.2) is 36.6 Å². The van der Waals surface area contributed by atoms with E-state index in [0.29, 0.717) is 37.4 Å². The van der Waals surface area contributed by atoms with Crippen LogP contribution in [0.5, 0.6) is 0 Å². The van der Waals surface area contributed by atoms with Crippen molar-refractivity contribution >= 4 is 16.9 Å². The lowest BCUT2D eigenvalue weighted by atomic mass is 10.1. The maximum atomic E-state index is 12.5. The van der Waals surface area contributed by atoms with Gasteiger partial charge in [-0.25, -0.2) is 4.79 Å². The minimum atomic E-state index is -0.441. The molecule has 0 radical (unpaired) electrons. The molecule has 6 nitrogen and oxygen atoms in total. The second-order valence-corrected chi connectivity index (χ2v) is 6.17. The van der Waals surface area contributed by atoms with Gasteiger partial charge in [-0.15, -0.1) is 0 Å². The molecular weight excluding hydrogens is 322 g/mol. The lowest BCUT2D eigenvalue weighted by Gasteiger charge is -2.16. The molecule has 0 N–H and O–H groups in total. The van der Waals surface area contributed by atoms with E-state index in [2.05, 4.69) is 0 Å². The third kappa shape index (κ3) is 3.91. The van der Waals surface area contributed by atoms with Gasteiger partial charge in [0.2, 0.25) is 0 Å². The number of unbranched alkanes of at least 4 members (excludes halogenated alkanes) is 1. The van der Waals surface area contributed by atoms with Crippen molar-refractivity contribution in [2.24, 2.45) is 0 Å². The number of pyridine rings is 1. The molecule has 1 aliphatic rings. The van der Waals surface area contributed by atoms with Crippen molar-refractivity contribution in [2.75, 3.05) is 19.8 Å². The number of aromatic nitrogens is 1. The van der Waals surface area contributed by atoms with Crippen LogP contribution in [0.3, 0.4) is 0 Å². The largest absolute Gasteiger partial charge is 0.462 e. The minimum absolute atomic E-state index is 0.138. The highest BCUT2D eigenvalue weighted by atomic mass is 16.7. The Balaban J connectivity index is 1.97. The summed E-state index contributed by atoms with van der Waals surface area (Å²) in [6.45, 7) is 5.67. The molecule has 1 saturated heterocycles. The molecule has 0 aliphatic carbocycles. The molecule has 25 heavy (non-hydrogen) atoms. The van der Waals surface area contributed by atoms with Crippen LogP contribution in [0.15, 0.2) is 29.1 Å². The van der Waals surface area contributed by atoms with Crippen LogP contribution in [0.1, 0.15) is 35.7 Å². The van der Waals surface area contributed by atoms with Gasteiger partial charge >= 0.3 is 5.97 Å². The zero-order valence-electron chi connectivity index (χ0n) is 14.6. The Labute approximate surface area is 146 Å². The lowest BCUT2D eigenvalue weighted by molar-refractivity contribution is -0.0522. The molecule has 2 aromatic rings. The number of fused-ring (bicyclic) bond motifs is 1.